The lowest BCUT2D eigenvalue weighted by Crippen LogP contribution is -2.24. The third kappa shape index (κ3) is 3.71. The molecule has 2 atom stereocenters. The summed E-state index contributed by atoms with van der Waals surface area (Å²) in [7, 11) is -4.08. The van der Waals surface area contributed by atoms with Crippen LogP contribution in [0.25, 0.3) is 0 Å². The van der Waals surface area contributed by atoms with Gasteiger partial charge in [-0.05, 0) is 47.2 Å². The van der Waals surface area contributed by atoms with Crippen LogP contribution in [-0.2, 0) is 10.0 Å². The molecule has 2 unspecified atom stereocenters. The van der Waals surface area contributed by atoms with Crippen LogP contribution in [0, 0.1) is 11.7 Å². The van der Waals surface area contributed by atoms with E-state index >= 15 is 0 Å². The highest BCUT2D eigenvalue weighted by Gasteiger charge is 2.23. The monoisotopic (exact) mass is 365 g/mol. The number of halogens is 2. The van der Waals surface area contributed by atoms with Crippen molar-refractivity contribution < 1.29 is 17.5 Å². The van der Waals surface area contributed by atoms with Gasteiger partial charge in [0.25, 0.3) is 0 Å². The smallest absolute Gasteiger partial charge is 0.241 e. The van der Waals surface area contributed by atoms with Crippen LogP contribution in [0.3, 0.4) is 0 Å². The van der Waals surface area contributed by atoms with E-state index in [1.54, 1.807) is 0 Å². The van der Waals surface area contributed by atoms with E-state index in [-0.39, 0.29) is 6.10 Å². The van der Waals surface area contributed by atoms with E-state index in [1.165, 1.54) is 6.42 Å². The first-order valence-electron chi connectivity index (χ1n) is 6.46. The molecule has 0 aliphatic heterocycles. The van der Waals surface area contributed by atoms with Crippen LogP contribution in [0.4, 0.5) is 4.39 Å². The Bertz CT molecular complexity index is 606. The molecule has 20 heavy (non-hydrogen) atoms. The van der Waals surface area contributed by atoms with E-state index in [4.69, 9.17) is 9.88 Å². The fraction of sp³-hybridized carbons (Fsp3) is 0.538. The van der Waals surface area contributed by atoms with Gasteiger partial charge in [-0.25, -0.2) is 17.9 Å². The molecule has 0 amide bonds. The second-order valence-corrected chi connectivity index (χ2v) is 7.65. The van der Waals surface area contributed by atoms with Crippen molar-refractivity contribution in [3.63, 3.8) is 0 Å². The minimum atomic E-state index is -4.08. The van der Waals surface area contributed by atoms with E-state index in [2.05, 4.69) is 22.9 Å². The van der Waals surface area contributed by atoms with Gasteiger partial charge in [-0.15, -0.1) is 0 Å². The molecule has 1 aromatic carbocycles. The Kier molecular flexibility index (Phi) is 4.71. The van der Waals surface area contributed by atoms with E-state index in [0.29, 0.717) is 16.1 Å². The van der Waals surface area contributed by atoms with Crippen LogP contribution < -0.4 is 9.88 Å². The van der Waals surface area contributed by atoms with Crippen molar-refractivity contribution in [1.82, 2.24) is 0 Å². The number of hydrogen-bond acceptors (Lipinski definition) is 3. The average molecular weight is 366 g/mol. The standard InChI is InChI=1S/C13H17BrFNO3S/c1-8-3-2-4-9(5-8)19-12-7-11(15)13(6-10(12)14)20(16,17)18/h6-9H,2-5H2,1H3,(H2,16,17,18). The number of rotatable bonds is 3. The van der Waals surface area contributed by atoms with Crippen molar-refractivity contribution >= 4 is 26.0 Å². The highest BCUT2D eigenvalue weighted by Crippen LogP contribution is 2.33. The second-order valence-electron chi connectivity index (χ2n) is 5.27. The molecular formula is C13H17BrFNO3S. The van der Waals surface area contributed by atoms with Crippen LogP contribution in [0.15, 0.2) is 21.5 Å². The normalized spacial score (nSPS) is 23.6. The van der Waals surface area contributed by atoms with Crippen LogP contribution >= 0.6 is 15.9 Å². The topological polar surface area (TPSA) is 69.4 Å². The van der Waals surface area contributed by atoms with Crippen molar-refractivity contribution in [3.8, 4) is 5.75 Å². The quantitative estimate of drug-likeness (QED) is 0.893. The first-order valence-corrected chi connectivity index (χ1v) is 8.80. The summed E-state index contributed by atoms with van der Waals surface area (Å²) in [6.45, 7) is 2.16. The highest BCUT2D eigenvalue weighted by atomic mass is 79.9. The minimum Gasteiger partial charge on any atom is -0.489 e. The summed E-state index contributed by atoms with van der Waals surface area (Å²) in [5, 5.41) is 4.95. The Balaban J connectivity index is 2.23. The fourth-order valence-corrected chi connectivity index (χ4v) is 3.68. The summed E-state index contributed by atoms with van der Waals surface area (Å²) in [6.07, 6.45) is 4.15. The number of nitrogens with two attached hydrogens (primary N) is 1. The van der Waals surface area contributed by atoms with Crippen molar-refractivity contribution in [2.45, 2.75) is 43.6 Å². The van der Waals surface area contributed by atoms with Gasteiger partial charge in [0.05, 0.1) is 10.6 Å². The summed E-state index contributed by atoms with van der Waals surface area (Å²) >= 11 is 3.20. The first kappa shape index (κ1) is 15.7. The Morgan fingerprint density at radius 1 is 1.40 bits per heavy atom. The largest absolute Gasteiger partial charge is 0.489 e. The third-order valence-corrected chi connectivity index (χ3v) is 5.02. The van der Waals surface area contributed by atoms with E-state index in [9.17, 15) is 12.8 Å². The van der Waals surface area contributed by atoms with Crippen LogP contribution in [0.1, 0.15) is 32.6 Å². The van der Waals surface area contributed by atoms with Gasteiger partial charge in [-0.2, -0.15) is 0 Å². The summed E-state index contributed by atoms with van der Waals surface area (Å²) < 4.78 is 42.4. The van der Waals surface area contributed by atoms with Gasteiger partial charge < -0.3 is 4.74 Å². The molecule has 1 aromatic rings. The number of sulfonamides is 1. The van der Waals surface area contributed by atoms with Crippen molar-refractivity contribution in [3.05, 3.63) is 22.4 Å². The summed E-state index contributed by atoms with van der Waals surface area (Å²) in [6, 6.07) is 2.22. The molecule has 112 valence electrons. The van der Waals surface area contributed by atoms with Crippen LogP contribution in [0.5, 0.6) is 5.75 Å². The lowest BCUT2D eigenvalue weighted by Gasteiger charge is -2.27. The molecular weight excluding hydrogens is 349 g/mol. The first-order chi connectivity index (χ1) is 9.27. The van der Waals surface area contributed by atoms with Crippen LogP contribution in [-0.4, -0.2) is 14.5 Å². The number of ether oxygens (including phenoxy) is 1. The number of benzene rings is 1. The number of primary sulfonamides is 1. The Hall–Kier alpha value is -0.660. The van der Waals surface area contributed by atoms with Gasteiger partial charge in [0.15, 0.2) is 0 Å². The zero-order chi connectivity index (χ0) is 14.9. The van der Waals surface area contributed by atoms with Gasteiger partial charge in [-0.1, -0.05) is 13.3 Å². The Morgan fingerprint density at radius 3 is 2.70 bits per heavy atom. The van der Waals surface area contributed by atoms with Crippen molar-refractivity contribution in [2.75, 3.05) is 0 Å². The minimum absolute atomic E-state index is 0.0368. The molecule has 1 saturated carbocycles. The Morgan fingerprint density at radius 2 is 2.10 bits per heavy atom. The predicted molar refractivity (Wildman–Crippen MR) is 77.5 cm³/mol. The molecule has 0 radical (unpaired) electrons. The highest BCUT2D eigenvalue weighted by molar-refractivity contribution is 9.10. The molecule has 0 bridgehead atoms. The van der Waals surface area contributed by atoms with Gasteiger partial charge in [-0.3, -0.25) is 0 Å². The molecule has 1 aliphatic carbocycles. The number of hydrogen-bond donors (Lipinski definition) is 1. The SMILES string of the molecule is CC1CCCC(Oc2cc(F)c(S(N)(=O)=O)cc2Br)C1. The maximum absolute atomic E-state index is 13.8. The molecule has 0 spiro atoms. The second kappa shape index (κ2) is 5.99. The third-order valence-electron chi connectivity index (χ3n) is 3.47. The lowest BCUT2D eigenvalue weighted by molar-refractivity contribution is 0.128. The average Bonchev–Trinajstić information content (AvgIpc) is 2.32. The molecule has 0 aromatic heterocycles. The Labute approximate surface area is 126 Å². The molecule has 2 rings (SSSR count). The van der Waals surface area contributed by atoms with Crippen molar-refractivity contribution in [2.24, 2.45) is 11.1 Å². The summed E-state index contributed by atoms with van der Waals surface area (Å²) in [5.41, 5.74) is 0. The zero-order valence-corrected chi connectivity index (χ0v) is 13.5. The van der Waals surface area contributed by atoms with Crippen molar-refractivity contribution in [1.29, 1.82) is 0 Å². The molecule has 1 aliphatic rings. The predicted octanol–water partition coefficient (Wildman–Crippen LogP) is 3.19. The molecule has 1 fully saturated rings. The molecule has 0 saturated heterocycles. The molecule has 7 heteroatoms. The summed E-state index contributed by atoms with van der Waals surface area (Å²) in [5.74, 6) is 0.00428. The van der Waals surface area contributed by atoms with Gasteiger partial charge in [0.2, 0.25) is 10.0 Å². The van der Waals surface area contributed by atoms with E-state index < -0.39 is 20.7 Å². The molecule has 4 nitrogen and oxygen atoms in total. The lowest BCUT2D eigenvalue weighted by atomic mass is 9.89. The van der Waals surface area contributed by atoms with Crippen LogP contribution in [0.2, 0.25) is 0 Å². The van der Waals surface area contributed by atoms with Gasteiger partial charge in [0.1, 0.15) is 16.5 Å². The summed E-state index contributed by atoms with van der Waals surface area (Å²) in [4.78, 5) is -0.534. The molecule has 2 N–H and O–H groups in total. The van der Waals surface area contributed by atoms with E-state index in [1.807, 2.05) is 0 Å². The van der Waals surface area contributed by atoms with E-state index in [0.717, 1.165) is 31.4 Å². The maximum Gasteiger partial charge on any atom is 0.241 e. The fourth-order valence-electron chi connectivity index (χ4n) is 2.48. The van der Waals surface area contributed by atoms with Gasteiger partial charge >= 0.3 is 0 Å². The zero-order valence-electron chi connectivity index (χ0n) is 11.1. The maximum atomic E-state index is 13.8. The van der Waals surface area contributed by atoms with Gasteiger partial charge in [0, 0.05) is 6.07 Å². The molecule has 0 heterocycles.